The largest absolute Gasteiger partial charge is 0.384 e. The normalized spacial score (nSPS) is 19.5. The maximum absolute atomic E-state index is 12.5. The van der Waals surface area contributed by atoms with E-state index in [1.165, 1.54) is 5.56 Å². The van der Waals surface area contributed by atoms with E-state index in [-0.39, 0.29) is 17.9 Å². The van der Waals surface area contributed by atoms with Gasteiger partial charge in [-0.2, -0.15) is 0 Å². The molecule has 3 rings (SSSR count). The first-order valence-electron chi connectivity index (χ1n) is 9.99. The minimum absolute atomic E-state index is 0.131. The van der Waals surface area contributed by atoms with Gasteiger partial charge in [-0.25, -0.2) is 4.98 Å². The molecule has 3 atom stereocenters. The SMILES string of the molecule is Cc1nc(N)ccc1CNC(=O)[C@H](C)NC(=O)[C@@H]1C[C@@H](Cc2ccccc2)CN1. The molecule has 0 unspecified atom stereocenters. The number of rotatable bonds is 7. The van der Waals surface area contributed by atoms with Crippen LogP contribution in [0.1, 0.15) is 30.2 Å². The predicted octanol–water partition coefficient (Wildman–Crippen LogP) is 1.31. The third-order valence-electron chi connectivity index (χ3n) is 5.33. The second kappa shape index (κ2) is 9.52. The summed E-state index contributed by atoms with van der Waals surface area (Å²) in [6.07, 6.45) is 1.72. The van der Waals surface area contributed by atoms with Gasteiger partial charge in [-0.15, -0.1) is 0 Å². The third-order valence-corrected chi connectivity index (χ3v) is 5.33. The van der Waals surface area contributed by atoms with E-state index < -0.39 is 6.04 Å². The van der Waals surface area contributed by atoms with Gasteiger partial charge >= 0.3 is 0 Å². The van der Waals surface area contributed by atoms with Gasteiger partial charge in [0.1, 0.15) is 11.9 Å². The van der Waals surface area contributed by atoms with Gasteiger partial charge in [0.05, 0.1) is 6.04 Å². The average molecular weight is 396 g/mol. The second-order valence-electron chi connectivity index (χ2n) is 7.68. The summed E-state index contributed by atoms with van der Waals surface area (Å²) in [6.45, 7) is 4.69. The lowest BCUT2D eigenvalue weighted by Gasteiger charge is -2.17. The average Bonchev–Trinajstić information content (AvgIpc) is 3.16. The van der Waals surface area contributed by atoms with Crippen LogP contribution < -0.4 is 21.7 Å². The Balaban J connectivity index is 1.44. The summed E-state index contributed by atoms with van der Waals surface area (Å²) in [4.78, 5) is 29.1. The molecule has 1 aromatic carbocycles. The number of amides is 2. The molecule has 2 amide bonds. The Morgan fingerprint density at radius 1 is 1.24 bits per heavy atom. The highest BCUT2D eigenvalue weighted by Gasteiger charge is 2.30. The number of nitrogens with zero attached hydrogens (tertiary/aromatic N) is 1. The highest BCUT2D eigenvalue weighted by Crippen LogP contribution is 2.19. The molecular formula is C22H29N5O2. The summed E-state index contributed by atoms with van der Waals surface area (Å²) in [5.74, 6) is 0.507. The minimum Gasteiger partial charge on any atom is -0.384 e. The van der Waals surface area contributed by atoms with Crippen molar-refractivity contribution in [2.24, 2.45) is 5.92 Å². The van der Waals surface area contributed by atoms with Crippen LogP contribution in [0.25, 0.3) is 0 Å². The molecule has 2 aromatic rings. The van der Waals surface area contributed by atoms with Crippen molar-refractivity contribution in [3.8, 4) is 0 Å². The summed E-state index contributed by atoms with van der Waals surface area (Å²) in [5.41, 5.74) is 8.60. The van der Waals surface area contributed by atoms with E-state index in [4.69, 9.17) is 5.73 Å². The van der Waals surface area contributed by atoms with Crippen LogP contribution in [0.3, 0.4) is 0 Å². The fourth-order valence-electron chi connectivity index (χ4n) is 3.62. The Labute approximate surface area is 171 Å². The monoisotopic (exact) mass is 395 g/mol. The zero-order valence-corrected chi connectivity index (χ0v) is 16.9. The molecule has 29 heavy (non-hydrogen) atoms. The molecule has 0 bridgehead atoms. The van der Waals surface area contributed by atoms with E-state index in [2.05, 4.69) is 33.1 Å². The van der Waals surface area contributed by atoms with E-state index in [1.54, 1.807) is 13.0 Å². The minimum atomic E-state index is -0.612. The summed E-state index contributed by atoms with van der Waals surface area (Å²) >= 11 is 0. The number of hydrogen-bond donors (Lipinski definition) is 4. The second-order valence-corrected chi connectivity index (χ2v) is 7.68. The standard InChI is InChI=1S/C22H29N5O2/c1-14-18(8-9-20(23)26-14)13-25-21(28)15(2)27-22(29)19-11-17(12-24-19)10-16-6-4-3-5-7-16/h3-9,15,17,19,24H,10-13H2,1-2H3,(H2,23,26)(H,25,28)(H,27,29)/t15-,17+,19-/m0/s1. The smallest absolute Gasteiger partial charge is 0.242 e. The van der Waals surface area contributed by atoms with Crippen LogP contribution in [0, 0.1) is 12.8 Å². The highest BCUT2D eigenvalue weighted by molar-refractivity contribution is 5.89. The third kappa shape index (κ3) is 5.77. The number of pyridine rings is 1. The zero-order chi connectivity index (χ0) is 20.8. The van der Waals surface area contributed by atoms with Gasteiger partial charge in [-0.3, -0.25) is 9.59 Å². The molecule has 0 aliphatic carbocycles. The molecule has 1 aromatic heterocycles. The van der Waals surface area contributed by atoms with Gasteiger partial charge in [-0.05, 0) is 56.3 Å². The van der Waals surface area contributed by atoms with E-state index in [0.29, 0.717) is 18.3 Å². The summed E-state index contributed by atoms with van der Waals surface area (Å²) in [5, 5.41) is 8.94. The summed E-state index contributed by atoms with van der Waals surface area (Å²) in [7, 11) is 0. The molecule has 1 aliphatic heterocycles. The van der Waals surface area contributed by atoms with Gasteiger partial charge < -0.3 is 21.7 Å². The maximum atomic E-state index is 12.5. The number of nitrogens with one attached hydrogen (secondary N) is 3. The van der Waals surface area contributed by atoms with Crippen LogP contribution in [-0.2, 0) is 22.6 Å². The van der Waals surface area contributed by atoms with Crippen molar-refractivity contribution < 1.29 is 9.59 Å². The number of hydrogen-bond acceptors (Lipinski definition) is 5. The topological polar surface area (TPSA) is 109 Å². The van der Waals surface area contributed by atoms with E-state index in [1.807, 2.05) is 31.2 Å². The number of nitrogens with two attached hydrogens (primary N) is 1. The van der Waals surface area contributed by atoms with Gasteiger partial charge in [0.2, 0.25) is 11.8 Å². The Morgan fingerprint density at radius 3 is 2.72 bits per heavy atom. The van der Waals surface area contributed by atoms with Crippen LogP contribution in [0.5, 0.6) is 0 Å². The molecule has 1 fully saturated rings. The van der Waals surface area contributed by atoms with Gasteiger partial charge in [-0.1, -0.05) is 36.4 Å². The molecule has 5 N–H and O–H groups in total. The molecule has 0 spiro atoms. The van der Waals surface area contributed by atoms with E-state index >= 15 is 0 Å². The van der Waals surface area contributed by atoms with Crippen molar-refractivity contribution >= 4 is 17.6 Å². The Hall–Kier alpha value is -2.93. The fraction of sp³-hybridized carbons (Fsp3) is 0.409. The number of carbonyl (C=O) groups is 2. The molecule has 0 radical (unpaired) electrons. The van der Waals surface area contributed by atoms with Crippen molar-refractivity contribution in [3.63, 3.8) is 0 Å². The lowest BCUT2D eigenvalue weighted by atomic mass is 9.96. The number of anilines is 1. The number of aromatic nitrogens is 1. The molecule has 2 heterocycles. The quantitative estimate of drug-likeness (QED) is 0.565. The van der Waals surface area contributed by atoms with Crippen molar-refractivity contribution in [1.29, 1.82) is 0 Å². The predicted molar refractivity (Wildman–Crippen MR) is 113 cm³/mol. The van der Waals surface area contributed by atoms with Gasteiger partial charge in [0.15, 0.2) is 0 Å². The van der Waals surface area contributed by atoms with Crippen LogP contribution in [0.2, 0.25) is 0 Å². The van der Waals surface area contributed by atoms with E-state index in [0.717, 1.165) is 30.6 Å². The van der Waals surface area contributed by atoms with Crippen molar-refractivity contribution in [1.82, 2.24) is 20.9 Å². The number of benzene rings is 1. The number of nitrogen functional groups attached to an aromatic ring is 1. The summed E-state index contributed by atoms with van der Waals surface area (Å²) < 4.78 is 0. The fourth-order valence-corrected chi connectivity index (χ4v) is 3.62. The molecule has 7 heteroatoms. The Kier molecular flexibility index (Phi) is 6.82. The van der Waals surface area contributed by atoms with Crippen LogP contribution >= 0.6 is 0 Å². The first-order chi connectivity index (χ1) is 13.9. The molecule has 7 nitrogen and oxygen atoms in total. The first kappa shape index (κ1) is 20.8. The zero-order valence-electron chi connectivity index (χ0n) is 16.9. The van der Waals surface area contributed by atoms with Crippen molar-refractivity contribution in [3.05, 3.63) is 59.3 Å². The Bertz CT molecular complexity index is 856. The highest BCUT2D eigenvalue weighted by atomic mass is 16.2. The van der Waals surface area contributed by atoms with Crippen molar-refractivity contribution in [2.45, 2.75) is 45.3 Å². The van der Waals surface area contributed by atoms with Crippen LogP contribution in [-0.4, -0.2) is 35.4 Å². The molecule has 1 aliphatic rings. The van der Waals surface area contributed by atoms with E-state index in [9.17, 15) is 9.59 Å². The molecule has 1 saturated heterocycles. The Morgan fingerprint density at radius 2 is 2.00 bits per heavy atom. The molecule has 0 saturated carbocycles. The van der Waals surface area contributed by atoms with Crippen LogP contribution in [0.15, 0.2) is 42.5 Å². The first-order valence-corrected chi connectivity index (χ1v) is 9.99. The summed E-state index contributed by atoms with van der Waals surface area (Å²) in [6, 6.07) is 13.0. The van der Waals surface area contributed by atoms with Gasteiger partial charge in [0, 0.05) is 12.2 Å². The lowest BCUT2D eigenvalue weighted by Crippen LogP contribution is -2.50. The van der Waals surface area contributed by atoms with Crippen LogP contribution in [0.4, 0.5) is 5.82 Å². The lowest BCUT2D eigenvalue weighted by molar-refractivity contribution is -0.129. The van der Waals surface area contributed by atoms with Crippen molar-refractivity contribution in [2.75, 3.05) is 12.3 Å². The molecule has 154 valence electrons. The van der Waals surface area contributed by atoms with Gasteiger partial charge in [0.25, 0.3) is 0 Å². The number of aryl methyl sites for hydroxylation is 1. The molecular weight excluding hydrogens is 366 g/mol. The maximum Gasteiger partial charge on any atom is 0.242 e. The number of carbonyl (C=O) groups excluding carboxylic acids is 2.